The Morgan fingerprint density at radius 3 is 2.81 bits per heavy atom. The Hall–Kier alpha value is -1.85. The molecule has 21 heavy (non-hydrogen) atoms. The van der Waals surface area contributed by atoms with E-state index >= 15 is 0 Å². The van der Waals surface area contributed by atoms with Crippen molar-refractivity contribution in [3.63, 3.8) is 0 Å². The summed E-state index contributed by atoms with van der Waals surface area (Å²) in [7, 11) is 0. The first-order chi connectivity index (χ1) is 10.2. The summed E-state index contributed by atoms with van der Waals surface area (Å²) in [5.41, 5.74) is 2.97. The molecule has 1 aliphatic rings. The van der Waals surface area contributed by atoms with Crippen LogP contribution in [-0.4, -0.2) is 23.2 Å². The van der Waals surface area contributed by atoms with Crippen molar-refractivity contribution in [3.05, 3.63) is 34.6 Å². The van der Waals surface area contributed by atoms with Crippen LogP contribution in [0, 0.1) is 6.92 Å². The lowest BCUT2D eigenvalue weighted by Crippen LogP contribution is -2.15. The molecule has 1 aromatic carbocycles. The average molecular weight is 319 g/mol. The van der Waals surface area contributed by atoms with Gasteiger partial charge in [-0.2, -0.15) is 0 Å². The summed E-state index contributed by atoms with van der Waals surface area (Å²) in [4.78, 5) is 8.73. The molecule has 0 fully saturated rings. The van der Waals surface area contributed by atoms with Crippen molar-refractivity contribution in [1.29, 1.82) is 0 Å². The molecular formula is C15H11ClN2O2S. The molecule has 4 rings (SSSR count). The number of ether oxygens (including phenoxy) is 2. The number of aromatic nitrogens is 2. The van der Waals surface area contributed by atoms with Gasteiger partial charge in [-0.3, -0.25) is 0 Å². The predicted octanol–water partition coefficient (Wildman–Crippen LogP) is 4.09. The molecule has 0 N–H and O–H groups in total. The molecule has 0 unspecified atom stereocenters. The lowest BCUT2D eigenvalue weighted by atomic mass is 10.1. The van der Waals surface area contributed by atoms with Gasteiger partial charge in [0.2, 0.25) is 0 Å². The summed E-state index contributed by atoms with van der Waals surface area (Å²) in [5, 5.41) is 2.56. The number of rotatable bonds is 1. The van der Waals surface area contributed by atoms with Crippen LogP contribution in [0.1, 0.15) is 5.82 Å². The summed E-state index contributed by atoms with van der Waals surface area (Å²) in [6.07, 6.45) is 0. The first-order valence-corrected chi connectivity index (χ1v) is 7.79. The van der Waals surface area contributed by atoms with E-state index in [2.05, 4.69) is 15.3 Å². The minimum atomic E-state index is 0.506. The van der Waals surface area contributed by atoms with E-state index in [-0.39, 0.29) is 0 Å². The maximum Gasteiger partial charge on any atom is 0.161 e. The Morgan fingerprint density at radius 2 is 1.95 bits per heavy atom. The Morgan fingerprint density at radius 1 is 1.14 bits per heavy atom. The van der Waals surface area contributed by atoms with E-state index in [0.29, 0.717) is 24.2 Å². The molecule has 1 aliphatic heterocycles. The second kappa shape index (κ2) is 4.86. The van der Waals surface area contributed by atoms with Gasteiger partial charge < -0.3 is 9.47 Å². The minimum absolute atomic E-state index is 0.506. The van der Waals surface area contributed by atoms with Gasteiger partial charge in [0.05, 0.1) is 10.2 Å². The van der Waals surface area contributed by atoms with E-state index in [0.717, 1.165) is 32.8 Å². The van der Waals surface area contributed by atoms with E-state index in [9.17, 15) is 0 Å². The summed E-state index contributed by atoms with van der Waals surface area (Å²) >= 11 is 7.75. The maximum absolute atomic E-state index is 6.19. The highest BCUT2D eigenvalue weighted by atomic mass is 35.5. The molecule has 2 aromatic heterocycles. The fourth-order valence-corrected chi connectivity index (χ4v) is 3.64. The van der Waals surface area contributed by atoms with Crippen LogP contribution in [-0.2, 0) is 0 Å². The fourth-order valence-electron chi connectivity index (χ4n) is 2.40. The van der Waals surface area contributed by atoms with E-state index in [1.807, 2.05) is 25.1 Å². The molecule has 0 saturated heterocycles. The van der Waals surface area contributed by atoms with Crippen molar-refractivity contribution in [2.45, 2.75) is 6.92 Å². The van der Waals surface area contributed by atoms with Gasteiger partial charge in [-0.25, -0.2) is 9.97 Å². The number of thiophene rings is 1. The third-order valence-corrected chi connectivity index (χ3v) is 4.70. The second-order valence-corrected chi connectivity index (χ2v) is 5.98. The number of aryl methyl sites for hydroxylation is 1. The topological polar surface area (TPSA) is 44.2 Å². The monoisotopic (exact) mass is 318 g/mol. The largest absolute Gasteiger partial charge is 0.486 e. The van der Waals surface area contributed by atoms with Crippen molar-refractivity contribution in [2.24, 2.45) is 0 Å². The molecular weight excluding hydrogens is 308 g/mol. The van der Waals surface area contributed by atoms with Crippen LogP contribution < -0.4 is 9.47 Å². The molecule has 0 amide bonds. The van der Waals surface area contributed by atoms with Crippen molar-refractivity contribution in [2.75, 3.05) is 13.2 Å². The predicted molar refractivity (Wildman–Crippen MR) is 83.6 cm³/mol. The highest BCUT2D eigenvalue weighted by Crippen LogP contribution is 2.39. The van der Waals surface area contributed by atoms with Gasteiger partial charge in [0, 0.05) is 10.9 Å². The van der Waals surface area contributed by atoms with Gasteiger partial charge in [0.15, 0.2) is 16.7 Å². The summed E-state index contributed by atoms with van der Waals surface area (Å²) in [6, 6.07) is 5.94. The maximum atomic E-state index is 6.19. The van der Waals surface area contributed by atoms with Gasteiger partial charge in [0.25, 0.3) is 0 Å². The van der Waals surface area contributed by atoms with Crippen LogP contribution in [0.25, 0.3) is 21.3 Å². The van der Waals surface area contributed by atoms with Crippen molar-refractivity contribution in [3.8, 4) is 22.6 Å². The lowest BCUT2D eigenvalue weighted by molar-refractivity contribution is 0.171. The highest BCUT2D eigenvalue weighted by Gasteiger charge is 2.16. The van der Waals surface area contributed by atoms with Crippen LogP contribution in [0.4, 0.5) is 0 Å². The number of nitrogens with zero attached hydrogens (tertiary/aromatic N) is 2. The molecule has 3 aromatic rings. The third kappa shape index (κ3) is 2.13. The molecule has 0 atom stereocenters. The molecule has 0 aliphatic carbocycles. The number of fused-ring (bicyclic) bond motifs is 2. The van der Waals surface area contributed by atoms with Gasteiger partial charge in [0.1, 0.15) is 19.0 Å². The van der Waals surface area contributed by atoms with Gasteiger partial charge in [-0.15, -0.1) is 11.3 Å². The van der Waals surface area contributed by atoms with Crippen molar-refractivity contribution in [1.82, 2.24) is 9.97 Å². The molecule has 0 radical (unpaired) electrons. The first kappa shape index (κ1) is 12.9. The fraction of sp³-hybridized carbons (Fsp3) is 0.200. The zero-order valence-electron chi connectivity index (χ0n) is 11.2. The van der Waals surface area contributed by atoms with Crippen molar-refractivity contribution < 1.29 is 9.47 Å². The van der Waals surface area contributed by atoms with E-state index in [1.54, 1.807) is 11.3 Å². The van der Waals surface area contributed by atoms with E-state index < -0.39 is 0 Å². The lowest BCUT2D eigenvalue weighted by Gasteiger charge is -2.18. The standard InChI is InChI=1S/C15H11ClN2O2S/c1-8-17-13-10(7-21-14(13)15(16)18-8)9-2-3-11-12(6-9)20-5-4-19-11/h2-3,6-7H,4-5H2,1H3. The smallest absolute Gasteiger partial charge is 0.161 e. The van der Waals surface area contributed by atoms with Crippen LogP contribution >= 0.6 is 22.9 Å². The zero-order valence-corrected chi connectivity index (χ0v) is 12.8. The van der Waals surface area contributed by atoms with Crippen LogP contribution in [0.3, 0.4) is 0 Å². The van der Waals surface area contributed by atoms with E-state index in [1.165, 1.54) is 0 Å². The molecule has 0 spiro atoms. The van der Waals surface area contributed by atoms with Crippen molar-refractivity contribution >= 4 is 33.2 Å². The van der Waals surface area contributed by atoms with Crippen LogP contribution in [0.5, 0.6) is 11.5 Å². The normalized spacial score (nSPS) is 13.6. The average Bonchev–Trinajstić information content (AvgIpc) is 2.91. The molecule has 106 valence electrons. The minimum Gasteiger partial charge on any atom is -0.486 e. The zero-order chi connectivity index (χ0) is 14.4. The van der Waals surface area contributed by atoms with Gasteiger partial charge in [-0.1, -0.05) is 17.7 Å². The van der Waals surface area contributed by atoms with E-state index in [4.69, 9.17) is 21.1 Å². The summed E-state index contributed by atoms with van der Waals surface area (Å²) < 4.78 is 12.1. The number of halogens is 1. The number of benzene rings is 1. The molecule has 6 heteroatoms. The highest BCUT2D eigenvalue weighted by molar-refractivity contribution is 7.18. The Labute approximate surface area is 130 Å². The SMILES string of the molecule is Cc1nc(Cl)c2scc(-c3ccc4c(c3)OCCO4)c2n1. The van der Waals surface area contributed by atoms with Gasteiger partial charge >= 0.3 is 0 Å². The molecule has 0 saturated carbocycles. The second-order valence-electron chi connectivity index (χ2n) is 4.75. The quantitative estimate of drug-likeness (QED) is 0.634. The third-order valence-electron chi connectivity index (χ3n) is 3.34. The first-order valence-electron chi connectivity index (χ1n) is 6.54. The Bertz CT molecular complexity index is 847. The molecule has 4 nitrogen and oxygen atoms in total. The Balaban J connectivity index is 1.90. The molecule has 0 bridgehead atoms. The molecule has 3 heterocycles. The summed E-state index contributed by atoms with van der Waals surface area (Å²) in [5.74, 6) is 2.23. The van der Waals surface area contributed by atoms with Gasteiger partial charge in [-0.05, 0) is 24.6 Å². The van der Waals surface area contributed by atoms with Crippen LogP contribution in [0.15, 0.2) is 23.6 Å². The summed E-state index contributed by atoms with van der Waals surface area (Å²) in [6.45, 7) is 3.01. The van der Waals surface area contributed by atoms with Crippen LogP contribution in [0.2, 0.25) is 5.15 Å². The Kier molecular flexibility index (Phi) is 2.97. The number of hydrogen-bond acceptors (Lipinski definition) is 5. The number of hydrogen-bond donors (Lipinski definition) is 0.